The van der Waals surface area contributed by atoms with Crippen LogP contribution in [0, 0.1) is 5.82 Å². The van der Waals surface area contributed by atoms with Crippen molar-refractivity contribution in [3.63, 3.8) is 0 Å². The first kappa shape index (κ1) is 14.6. The van der Waals surface area contributed by atoms with Gasteiger partial charge in [0.05, 0.1) is 11.4 Å². The standard InChI is InChI=1S/C12H9FN6OS2/c13-8-1-3-9(4-2-8)19-12(16-17-18-19)22-7-10(20)15-11-14-5-6-21-11/h1-6H,7H2,(H,14,15,20). The highest BCUT2D eigenvalue weighted by atomic mass is 32.2. The number of nitrogens with one attached hydrogen (secondary N) is 1. The normalized spacial score (nSPS) is 10.6. The molecule has 3 aromatic rings. The number of benzene rings is 1. The van der Waals surface area contributed by atoms with Crippen molar-refractivity contribution in [3.8, 4) is 5.69 Å². The molecule has 0 unspecified atom stereocenters. The molecule has 112 valence electrons. The van der Waals surface area contributed by atoms with Crippen LogP contribution in [0.5, 0.6) is 0 Å². The van der Waals surface area contributed by atoms with E-state index in [2.05, 4.69) is 25.8 Å². The fourth-order valence-electron chi connectivity index (χ4n) is 1.58. The van der Waals surface area contributed by atoms with Gasteiger partial charge in [-0.25, -0.2) is 9.37 Å². The van der Waals surface area contributed by atoms with Crippen LogP contribution in [0.25, 0.3) is 5.69 Å². The predicted molar refractivity (Wildman–Crippen MR) is 80.6 cm³/mol. The Kier molecular flexibility index (Phi) is 4.39. The Morgan fingerprint density at radius 3 is 2.91 bits per heavy atom. The Morgan fingerprint density at radius 1 is 1.36 bits per heavy atom. The van der Waals surface area contributed by atoms with Gasteiger partial charge in [0.1, 0.15) is 5.82 Å². The molecule has 1 N–H and O–H groups in total. The van der Waals surface area contributed by atoms with E-state index in [4.69, 9.17) is 0 Å². The van der Waals surface area contributed by atoms with E-state index in [0.717, 1.165) is 0 Å². The molecule has 0 bridgehead atoms. The minimum atomic E-state index is -0.339. The van der Waals surface area contributed by atoms with Gasteiger partial charge in [-0.2, -0.15) is 4.68 Å². The molecule has 0 aliphatic heterocycles. The fourth-order valence-corrected chi connectivity index (χ4v) is 2.82. The van der Waals surface area contributed by atoms with Crippen molar-refractivity contribution in [1.29, 1.82) is 0 Å². The molecule has 2 aromatic heterocycles. The minimum absolute atomic E-state index is 0.140. The molecule has 0 saturated carbocycles. The number of carbonyl (C=O) groups excluding carboxylic acids is 1. The molecule has 0 aliphatic rings. The summed E-state index contributed by atoms with van der Waals surface area (Å²) >= 11 is 2.52. The molecule has 0 atom stereocenters. The summed E-state index contributed by atoms with van der Waals surface area (Å²) in [6.07, 6.45) is 1.61. The molecule has 10 heteroatoms. The summed E-state index contributed by atoms with van der Waals surface area (Å²) in [5, 5.41) is 16.7. The van der Waals surface area contributed by atoms with Crippen LogP contribution in [-0.4, -0.2) is 36.9 Å². The number of anilines is 1. The van der Waals surface area contributed by atoms with Crippen molar-refractivity contribution >= 4 is 34.1 Å². The molecule has 0 radical (unpaired) electrons. The SMILES string of the molecule is O=C(CSc1nnnn1-c1ccc(F)cc1)Nc1nccs1. The van der Waals surface area contributed by atoms with Crippen LogP contribution in [0.3, 0.4) is 0 Å². The molecule has 22 heavy (non-hydrogen) atoms. The van der Waals surface area contributed by atoms with Gasteiger partial charge in [0.25, 0.3) is 0 Å². The van der Waals surface area contributed by atoms with Crippen molar-refractivity contribution in [1.82, 2.24) is 25.2 Å². The van der Waals surface area contributed by atoms with Crippen molar-refractivity contribution in [2.75, 3.05) is 11.1 Å². The predicted octanol–water partition coefficient (Wildman–Crippen LogP) is 1.99. The number of thiazole rings is 1. The second kappa shape index (κ2) is 6.62. The van der Waals surface area contributed by atoms with Gasteiger partial charge in [-0.3, -0.25) is 4.79 Å². The molecular formula is C12H9FN6OS2. The van der Waals surface area contributed by atoms with Gasteiger partial charge in [-0.15, -0.1) is 16.4 Å². The number of hydrogen-bond acceptors (Lipinski definition) is 7. The van der Waals surface area contributed by atoms with Gasteiger partial charge in [-0.1, -0.05) is 11.8 Å². The van der Waals surface area contributed by atoms with Crippen molar-refractivity contribution < 1.29 is 9.18 Å². The smallest absolute Gasteiger partial charge is 0.236 e. The third-order valence-electron chi connectivity index (χ3n) is 2.52. The zero-order valence-corrected chi connectivity index (χ0v) is 12.6. The number of hydrogen-bond donors (Lipinski definition) is 1. The maximum absolute atomic E-state index is 12.9. The highest BCUT2D eigenvalue weighted by Crippen LogP contribution is 2.19. The van der Waals surface area contributed by atoms with Gasteiger partial charge in [-0.05, 0) is 34.7 Å². The van der Waals surface area contributed by atoms with E-state index in [9.17, 15) is 9.18 Å². The summed E-state index contributed by atoms with van der Waals surface area (Å²) in [5.74, 6) is -0.399. The van der Waals surface area contributed by atoms with Crippen LogP contribution in [0.1, 0.15) is 0 Å². The Labute approximate surface area is 132 Å². The van der Waals surface area contributed by atoms with Gasteiger partial charge in [0.15, 0.2) is 5.13 Å². The first-order valence-electron chi connectivity index (χ1n) is 6.09. The third-order valence-corrected chi connectivity index (χ3v) is 4.13. The molecule has 7 nitrogen and oxygen atoms in total. The summed E-state index contributed by atoms with van der Waals surface area (Å²) < 4.78 is 14.4. The fraction of sp³-hybridized carbons (Fsp3) is 0.0833. The minimum Gasteiger partial charge on any atom is -0.301 e. The topological polar surface area (TPSA) is 85.6 Å². The number of thioether (sulfide) groups is 1. The average molecular weight is 336 g/mol. The van der Waals surface area contributed by atoms with E-state index >= 15 is 0 Å². The van der Waals surface area contributed by atoms with E-state index < -0.39 is 0 Å². The van der Waals surface area contributed by atoms with Crippen LogP contribution >= 0.6 is 23.1 Å². The number of rotatable bonds is 5. The Morgan fingerprint density at radius 2 is 2.18 bits per heavy atom. The molecule has 1 aromatic carbocycles. The molecule has 3 rings (SSSR count). The van der Waals surface area contributed by atoms with E-state index in [1.807, 2.05) is 0 Å². The molecule has 0 aliphatic carbocycles. The van der Waals surface area contributed by atoms with Gasteiger partial charge >= 0.3 is 0 Å². The van der Waals surface area contributed by atoms with E-state index in [-0.39, 0.29) is 17.5 Å². The zero-order valence-electron chi connectivity index (χ0n) is 11.0. The monoisotopic (exact) mass is 336 g/mol. The summed E-state index contributed by atoms with van der Waals surface area (Å²) in [6, 6.07) is 5.76. The lowest BCUT2D eigenvalue weighted by Gasteiger charge is -2.04. The van der Waals surface area contributed by atoms with E-state index in [1.54, 1.807) is 23.7 Å². The van der Waals surface area contributed by atoms with Gasteiger partial charge in [0.2, 0.25) is 11.1 Å². The van der Waals surface area contributed by atoms with E-state index in [0.29, 0.717) is 16.0 Å². The first-order valence-corrected chi connectivity index (χ1v) is 7.95. The van der Waals surface area contributed by atoms with Crippen molar-refractivity contribution in [2.45, 2.75) is 5.16 Å². The maximum Gasteiger partial charge on any atom is 0.236 e. The molecular weight excluding hydrogens is 327 g/mol. The number of tetrazole rings is 1. The zero-order chi connectivity index (χ0) is 15.4. The van der Waals surface area contributed by atoms with Crippen LogP contribution in [0.4, 0.5) is 9.52 Å². The van der Waals surface area contributed by atoms with Crippen LogP contribution in [0.15, 0.2) is 41.0 Å². The number of amides is 1. The second-order valence-corrected chi connectivity index (χ2v) is 5.86. The highest BCUT2D eigenvalue weighted by molar-refractivity contribution is 7.99. The third kappa shape index (κ3) is 3.46. The average Bonchev–Trinajstić information content (AvgIpc) is 3.17. The summed E-state index contributed by atoms with van der Waals surface area (Å²) in [4.78, 5) is 15.8. The van der Waals surface area contributed by atoms with Crippen LogP contribution in [-0.2, 0) is 4.79 Å². The first-order chi connectivity index (χ1) is 10.7. The number of aromatic nitrogens is 5. The van der Waals surface area contributed by atoms with Crippen LogP contribution < -0.4 is 5.32 Å². The number of carbonyl (C=O) groups is 1. The van der Waals surface area contributed by atoms with Gasteiger partial charge < -0.3 is 5.32 Å². The van der Waals surface area contributed by atoms with E-state index in [1.165, 1.54) is 39.9 Å². The lowest BCUT2D eigenvalue weighted by atomic mass is 10.3. The summed E-state index contributed by atoms with van der Waals surface area (Å²) in [5.41, 5.74) is 0.620. The van der Waals surface area contributed by atoms with Crippen molar-refractivity contribution in [3.05, 3.63) is 41.7 Å². The Balaban J connectivity index is 1.65. The van der Waals surface area contributed by atoms with Crippen molar-refractivity contribution in [2.24, 2.45) is 0 Å². The lowest BCUT2D eigenvalue weighted by molar-refractivity contribution is -0.113. The molecule has 0 spiro atoms. The summed E-state index contributed by atoms with van der Waals surface area (Å²) in [6.45, 7) is 0. The quantitative estimate of drug-likeness (QED) is 0.717. The number of halogens is 1. The van der Waals surface area contributed by atoms with Gasteiger partial charge in [0, 0.05) is 11.6 Å². The Bertz CT molecular complexity index is 758. The highest BCUT2D eigenvalue weighted by Gasteiger charge is 2.12. The molecule has 0 fully saturated rings. The maximum atomic E-state index is 12.9. The van der Waals surface area contributed by atoms with Crippen LogP contribution in [0.2, 0.25) is 0 Å². The summed E-state index contributed by atoms with van der Waals surface area (Å²) in [7, 11) is 0. The molecule has 0 saturated heterocycles. The Hall–Kier alpha value is -2.33. The largest absolute Gasteiger partial charge is 0.301 e. The number of nitrogens with zero attached hydrogens (tertiary/aromatic N) is 5. The molecule has 1 amide bonds. The molecule has 2 heterocycles. The second-order valence-electron chi connectivity index (χ2n) is 4.02. The lowest BCUT2D eigenvalue weighted by Crippen LogP contribution is -2.14.